The molecule has 2 aromatic rings. The summed E-state index contributed by atoms with van der Waals surface area (Å²) in [5.74, 6) is 1.83. The third-order valence-corrected chi connectivity index (χ3v) is 4.62. The van der Waals surface area contributed by atoms with Gasteiger partial charge in [0.05, 0.1) is 27.3 Å². The van der Waals surface area contributed by atoms with Crippen molar-refractivity contribution in [3.05, 3.63) is 45.6 Å². The molecule has 0 amide bonds. The minimum atomic E-state index is 0. The highest BCUT2D eigenvalue weighted by molar-refractivity contribution is 14.0. The zero-order valence-electron chi connectivity index (χ0n) is 14.2. The zero-order chi connectivity index (χ0) is 16.7. The first kappa shape index (κ1) is 20.6. The minimum absolute atomic E-state index is 0. The maximum absolute atomic E-state index is 5.92. The van der Waals surface area contributed by atoms with Gasteiger partial charge in [-0.25, -0.2) is 4.99 Å². The summed E-state index contributed by atoms with van der Waals surface area (Å²) >= 11 is 1.79. The number of halogens is 1. The Labute approximate surface area is 164 Å². The number of hydrogen-bond donors (Lipinski definition) is 2. The molecular formula is C17H24IN3O2S. The van der Waals surface area contributed by atoms with Crippen LogP contribution in [0, 0.1) is 0 Å². The average Bonchev–Trinajstić information content (AvgIpc) is 3.05. The normalized spacial score (nSPS) is 10.9. The molecule has 0 aliphatic heterocycles. The van der Waals surface area contributed by atoms with Crippen LogP contribution in [0.1, 0.15) is 22.2 Å². The first-order valence-electron chi connectivity index (χ1n) is 7.48. The van der Waals surface area contributed by atoms with E-state index in [0.29, 0.717) is 30.5 Å². The molecule has 24 heavy (non-hydrogen) atoms. The number of benzene rings is 1. The van der Waals surface area contributed by atoms with Gasteiger partial charge in [-0.2, -0.15) is 0 Å². The first-order chi connectivity index (χ1) is 11.2. The molecule has 1 aromatic carbocycles. The highest BCUT2D eigenvalue weighted by Gasteiger charge is 2.04. The number of thiophene rings is 1. The predicted octanol–water partition coefficient (Wildman–Crippen LogP) is 3.55. The third kappa shape index (κ3) is 5.86. The zero-order valence-corrected chi connectivity index (χ0v) is 17.3. The lowest BCUT2D eigenvalue weighted by Crippen LogP contribution is -2.30. The number of nitrogens with one attached hydrogen (secondary N) is 1. The van der Waals surface area contributed by atoms with Crippen LogP contribution in [0.4, 0.5) is 0 Å². The van der Waals surface area contributed by atoms with Gasteiger partial charge in [0.2, 0.25) is 0 Å². The van der Waals surface area contributed by atoms with E-state index in [0.717, 1.165) is 12.0 Å². The summed E-state index contributed by atoms with van der Waals surface area (Å²) in [6.45, 7) is 3.35. The number of nitrogens with two attached hydrogens (primary N) is 1. The molecule has 0 aliphatic rings. The SMILES string of the molecule is CCc1ccc(CNC(N)=NCc2ccc(OC)c(OC)c2)s1.I. The van der Waals surface area contributed by atoms with Crippen LogP contribution in [-0.2, 0) is 19.5 Å². The van der Waals surface area contributed by atoms with Crippen molar-refractivity contribution in [1.29, 1.82) is 0 Å². The van der Waals surface area contributed by atoms with E-state index in [1.807, 2.05) is 18.2 Å². The molecule has 7 heteroatoms. The molecule has 0 fully saturated rings. The summed E-state index contributed by atoms with van der Waals surface area (Å²) in [6.07, 6.45) is 1.06. The van der Waals surface area contributed by atoms with Crippen LogP contribution < -0.4 is 20.5 Å². The van der Waals surface area contributed by atoms with Crippen LogP contribution in [0.2, 0.25) is 0 Å². The summed E-state index contributed by atoms with van der Waals surface area (Å²) in [5.41, 5.74) is 6.93. The lowest BCUT2D eigenvalue weighted by Gasteiger charge is -2.09. The van der Waals surface area contributed by atoms with Crippen LogP contribution in [0.25, 0.3) is 0 Å². The lowest BCUT2D eigenvalue weighted by atomic mass is 10.2. The number of ether oxygens (including phenoxy) is 2. The molecule has 0 saturated heterocycles. The van der Waals surface area contributed by atoms with Gasteiger partial charge in [-0.1, -0.05) is 13.0 Å². The third-order valence-electron chi connectivity index (χ3n) is 3.39. The van der Waals surface area contributed by atoms with E-state index >= 15 is 0 Å². The highest BCUT2D eigenvalue weighted by atomic mass is 127. The van der Waals surface area contributed by atoms with E-state index in [9.17, 15) is 0 Å². The Bertz CT molecular complexity index is 674. The molecule has 132 valence electrons. The molecule has 3 N–H and O–H groups in total. The Hall–Kier alpha value is -1.48. The van der Waals surface area contributed by atoms with Gasteiger partial charge in [-0.05, 0) is 36.2 Å². The largest absolute Gasteiger partial charge is 0.493 e. The number of methoxy groups -OCH3 is 2. The fraction of sp³-hybridized carbons (Fsp3) is 0.353. The highest BCUT2D eigenvalue weighted by Crippen LogP contribution is 2.27. The molecule has 1 heterocycles. The van der Waals surface area contributed by atoms with E-state index < -0.39 is 0 Å². The molecule has 0 spiro atoms. The summed E-state index contributed by atoms with van der Waals surface area (Å²) in [4.78, 5) is 6.99. The summed E-state index contributed by atoms with van der Waals surface area (Å²) in [7, 11) is 3.23. The molecule has 0 bridgehead atoms. The molecule has 0 unspecified atom stereocenters. The predicted molar refractivity (Wildman–Crippen MR) is 111 cm³/mol. The van der Waals surface area contributed by atoms with E-state index in [-0.39, 0.29) is 24.0 Å². The van der Waals surface area contributed by atoms with Crippen LogP contribution in [0.15, 0.2) is 35.3 Å². The Kier molecular flexibility index (Phi) is 8.91. The molecule has 5 nitrogen and oxygen atoms in total. The number of guanidine groups is 1. The number of rotatable bonds is 7. The average molecular weight is 461 g/mol. The number of aryl methyl sites for hydroxylation is 1. The standard InChI is InChI=1S/C17H23N3O2S.HI/c1-4-13-6-7-14(23-13)11-20-17(18)19-10-12-5-8-15(21-2)16(9-12)22-3;/h5-9H,4,10-11H2,1-3H3,(H3,18,19,20);1H. The van der Waals surface area contributed by atoms with Gasteiger partial charge >= 0.3 is 0 Å². The minimum Gasteiger partial charge on any atom is -0.493 e. The maximum Gasteiger partial charge on any atom is 0.189 e. The number of aliphatic imine (C=N–C) groups is 1. The lowest BCUT2D eigenvalue weighted by molar-refractivity contribution is 0.354. The first-order valence-corrected chi connectivity index (χ1v) is 8.30. The van der Waals surface area contributed by atoms with Crippen molar-refractivity contribution in [3.8, 4) is 11.5 Å². The number of nitrogens with zero attached hydrogens (tertiary/aromatic N) is 1. The van der Waals surface area contributed by atoms with Gasteiger partial charge in [0.15, 0.2) is 17.5 Å². The molecule has 0 saturated carbocycles. The quantitative estimate of drug-likeness (QED) is 0.376. The molecule has 0 radical (unpaired) electrons. The van der Waals surface area contributed by atoms with Gasteiger partial charge in [0.25, 0.3) is 0 Å². The molecule has 0 aliphatic carbocycles. The maximum atomic E-state index is 5.92. The van der Waals surface area contributed by atoms with Crippen molar-refractivity contribution in [2.24, 2.45) is 10.7 Å². The fourth-order valence-electron chi connectivity index (χ4n) is 2.10. The van der Waals surface area contributed by atoms with E-state index in [1.165, 1.54) is 9.75 Å². The second-order valence-corrected chi connectivity index (χ2v) is 6.22. The van der Waals surface area contributed by atoms with Crippen molar-refractivity contribution >= 4 is 41.3 Å². The van der Waals surface area contributed by atoms with Gasteiger partial charge < -0.3 is 20.5 Å². The molecule has 2 rings (SSSR count). The Morgan fingerprint density at radius 1 is 1.12 bits per heavy atom. The summed E-state index contributed by atoms with van der Waals surface area (Å²) in [5, 5.41) is 3.14. The van der Waals surface area contributed by atoms with E-state index in [4.69, 9.17) is 15.2 Å². The Morgan fingerprint density at radius 3 is 2.46 bits per heavy atom. The smallest absolute Gasteiger partial charge is 0.189 e. The summed E-state index contributed by atoms with van der Waals surface area (Å²) < 4.78 is 10.5. The van der Waals surface area contributed by atoms with E-state index in [1.54, 1.807) is 25.6 Å². The number of hydrogen-bond acceptors (Lipinski definition) is 4. The Balaban J connectivity index is 0.00000288. The fourth-order valence-corrected chi connectivity index (χ4v) is 2.99. The van der Waals surface area contributed by atoms with Crippen molar-refractivity contribution in [1.82, 2.24) is 5.32 Å². The topological polar surface area (TPSA) is 68.9 Å². The van der Waals surface area contributed by atoms with Crippen molar-refractivity contribution in [2.75, 3.05) is 14.2 Å². The van der Waals surface area contributed by atoms with Crippen LogP contribution in [0.3, 0.4) is 0 Å². The van der Waals surface area contributed by atoms with E-state index in [2.05, 4.69) is 29.4 Å². The van der Waals surface area contributed by atoms with Crippen molar-refractivity contribution in [3.63, 3.8) is 0 Å². The monoisotopic (exact) mass is 461 g/mol. The summed E-state index contributed by atoms with van der Waals surface area (Å²) in [6, 6.07) is 10.00. The van der Waals surface area contributed by atoms with Gasteiger partial charge in [0, 0.05) is 9.75 Å². The van der Waals surface area contributed by atoms with Gasteiger partial charge in [0.1, 0.15) is 0 Å². The Morgan fingerprint density at radius 2 is 1.83 bits per heavy atom. The second-order valence-electron chi connectivity index (χ2n) is 4.97. The van der Waals surface area contributed by atoms with Gasteiger partial charge in [-0.3, -0.25) is 0 Å². The molecular weight excluding hydrogens is 437 g/mol. The molecule has 1 aromatic heterocycles. The van der Waals surface area contributed by atoms with Crippen LogP contribution >= 0.6 is 35.3 Å². The van der Waals surface area contributed by atoms with Crippen molar-refractivity contribution < 1.29 is 9.47 Å². The second kappa shape index (κ2) is 10.4. The van der Waals surface area contributed by atoms with Crippen molar-refractivity contribution in [2.45, 2.75) is 26.4 Å². The van der Waals surface area contributed by atoms with Gasteiger partial charge in [-0.15, -0.1) is 35.3 Å². The van der Waals surface area contributed by atoms with Crippen LogP contribution in [-0.4, -0.2) is 20.2 Å². The molecule has 0 atom stereocenters. The van der Waals surface area contributed by atoms with Crippen LogP contribution in [0.5, 0.6) is 11.5 Å².